The second kappa shape index (κ2) is 25.7. The van der Waals surface area contributed by atoms with Crippen LogP contribution in [0.2, 0.25) is 0 Å². The molecular weight excluding hydrogens is 672 g/mol. The first-order valence-corrected chi connectivity index (χ1v) is 17.9. The topological polar surface area (TPSA) is 158 Å². The van der Waals surface area contributed by atoms with Gasteiger partial charge in [0.25, 0.3) is 0 Å². The maximum Gasteiger partial charge on any atom is 0.333 e. The van der Waals surface area contributed by atoms with Crippen molar-refractivity contribution in [1.82, 2.24) is 0 Å². The van der Waals surface area contributed by atoms with Gasteiger partial charge in [-0.1, -0.05) is 77.7 Å². The summed E-state index contributed by atoms with van der Waals surface area (Å²) < 4.78 is 31.9. The van der Waals surface area contributed by atoms with Crippen LogP contribution in [0.25, 0.3) is 0 Å². The van der Waals surface area contributed by atoms with Gasteiger partial charge in [0.05, 0.1) is 10.8 Å². The Labute approximate surface area is 310 Å². The van der Waals surface area contributed by atoms with Crippen LogP contribution in [-0.4, -0.2) is 75.5 Å². The molecule has 0 radical (unpaired) electrons. The maximum atomic E-state index is 12.4. The van der Waals surface area contributed by atoms with Gasteiger partial charge in [-0.25, -0.2) is 19.2 Å². The van der Waals surface area contributed by atoms with Gasteiger partial charge in [-0.3, -0.25) is 9.59 Å². The van der Waals surface area contributed by atoms with Gasteiger partial charge >= 0.3 is 35.8 Å². The van der Waals surface area contributed by atoms with Gasteiger partial charge in [0, 0.05) is 35.1 Å². The highest BCUT2D eigenvalue weighted by Gasteiger charge is 2.32. The van der Waals surface area contributed by atoms with E-state index in [1.165, 1.54) is 27.7 Å². The van der Waals surface area contributed by atoms with E-state index in [1.807, 2.05) is 0 Å². The van der Waals surface area contributed by atoms with Crippen molar-refractivity contribution in [3.05, 3.63) is 48.6 Å². The van der Waals surface area contributed by atoms with Gasteiger partial charge in [-0.2, -0.15) is 0 Å². The fourth-order valence-corrected chi connectivity index (χ4v) is 4.31. The zero-order valence-electron chi connectivity index (χ0n) is 32.5. The van der Waals surface area contributed by atoms with Gasteiger partial charge < -0.3 is 28.4 Å². The molecular formula is C40H62O12. The van der Waals surface area contributed by atoms with E-state index in [0.717, 1.165) is 51.4 Å². The van der Waals surface area contributed by atoms with E-state index >= 15 is 0 Å². The van der Waals surface area contributed by atoms with Crippen molar-refractivity contribution in [3.8, 4) is 0 Å². The minimum absolute atomic E-state index is 0.0804. The normalized spacial score (nSPS) is 11.1. The molecule has 0 aliphatic rings. The zero-order chi connectivity index (χ0) is 39.7. The molecule has 0 aromatic heterocycles. The molecule has 0 N–H and O–H groups in total. The molecule has 0 aromatic rings. The summed E-state index contributed by atoms with van der Waals surface area (Å²) in [7, 11) is 0. The van der Waals surface area contributed by atoms with E-state index in [0.29, 0.717) is 12.8 Å². The van der Waals surface area contributed by atoms with Crippen molar-refractivity contribution in [2.24, 2.45) is 10.8 Å². The smallest absolute Gasteiger partial charge is 0.333 e. The summed E-state index contributed by atoms with van der Waals surface area (Å²) in [6.07, 6.45) is 10.00. The van der Waals surface area contributed by atoms with E-state index in [9.17, 15) is 28.8 Å². The van der Waals surface area contributed by atoms with Crippen LogP contribution in [0.4, 0.5) is 0 Å². The Kier molecular flexibility index (Phi) is 23.6. The summed E-state index contributed by atoms with van der Waals surface area (Å²) >= 11 is 0. The van der Waals surface area contributed by atoms with Crippen molar-refractivity contribution in [1.29, 1.82) is 0 Å². The molecule has 0 saturated carbocycles. The fraction of sp³-hybridized carbons (Fsp3) is 0.650. The monoisotopic (exact) mass is 734 g/mol. The highest BCUT2D eigenvalue weighted by molar-refractivity contribution is 5.88. The van der Waals surface area contributed by atoms with Crippen molar-refractivity contribution < 1.29 is 57.2 Å². The number of carbonyl (C=O) groups is 6. The number of rotatable bonds is 29. The largest absolute Gasteiger partial charge is 0.465 e. The lowest BCUT2D eigenvalue weighted by Crippen LogP contribution is -2.37. The third kappa shape index (κ3) is 23.3. The molecule has 0 rings (SSSR count). The second-order valence-corrected chi connectivity index (χ2v) is 14.4. The minimum atomic E-state index is -0.925. The van der Waals surface area contributed by atoms with Crippen LogP contribution in [0.15, 0.2) is 48.6 Å². The Balaban J connectivity index is 4.24. The Morgan fingerprint density at radius 3 is 0.769 bits per heavy atom. The summed E-state index contributed by atoms with van der Waals surface area (Å²) in [5, 5.41) is 0. The summed E-state index contributed by atoms with van der Waals surface area (Å²) in [6, 6.07) is 0. The van der Waals surface area contributed by atoms with Crippen molar-refractivity contribution in [2.45, 2.75) is 119 Å². The number of unbranched alkanes of at least 4 members (excludes halogenated alkanes) is 9. The van der Waals surface area contributed by atoms with Gasteiger partial charge in [-0.05, 0) is 54.4 Å². The molecule has 0 aromatic carbocycles. The number of hydrogen-bond donors (Lipinski definition) is 0. The van der Waals surface area contributed by atoms with Gasteiger partial charge in [0.2, 0.25) is 0 Å². The molecule has 0 spiro atoms. The summed E-state index contributed by atoms with van der Waals surface area (Å²) in [5.74, 6) is -3.06. The minimum Gasteiger partial charge on any atom is -0.465 e. The predicted octanol–water partition coefficient (Wildman–Crippen LogP) is 7.24. The SMILES string of the molecule is C=C(C)C(=O)OCC(C)(COC(=O)CCCCCCCCCCCCC(=O)OCC(C)(COC(=O)C(=C)C)COC(=O)C(=C)C)COC(=O)C(=C)C. The summed E-state index contributed by atoms with van der Waals surface area (Å²) in [5.41, 5.74) is -0.922. The summed E-state index contributed by atoms with van der Waals surface area (Å²) in [6.45, 7) is 23.1. The lowest BCUT2D eigenvalue weighted by Gasteiger charge is -2.28. The number of hydrogen-bond acceptors (Lipinski definition) is 12. The van der Waals surface area contributed by atoms with Crippen molar-refractivity contribution in [3.63, 3.8) is 0 Å². The maximum absolute atomic E-state index is 12.4. The van der Waals surface area contributed by atoms with E-state index in [4.69, 9.17) is 28.4 Å². The quantitative estimate of drug-likeness (QED) is 0.0329. The molecule has 294 valence electrons. The number of ether oxygens (including phenoxy) is 6. The van der Waals surface area contributed by atoms with Crippen molar-refractivity contribution in [2.75, 3.05) is 39.6 Å². The lowest BCUT2D eigenvalue weighted by molar-refractivity contribution is -0.160. The molecule has 0 heterocycles. The molecule has 12 nitrogen and oxygen atoms in total. The van der Waals surface area contributed by atoms with Crippen LogP contribution in [0.5, 0.6) is 0 Å². The number of carbonyl (C=O) groups excluding carboxylic acids is 6. The van der Waals surface area contributed by atoms with Gasteiger partial charge in [0.15, 0.2) is 0 Å². The van der Waals surface area contributed by atoms with Crippen LogP contribution >= 0.6 is 0 Å². The van der Waals surface area contributed by atoms with Crippen LogP contribution in [0.1, 0.15) is 119 Å². The molecule has 0 unspecified atom stereocenters. The first-order valence-electron chi connectivity index (χ1n) is 17.9. The molecule has 0 bridgehead atoms. The van der Waals surface area contributed by atoms with Crippen LogP contribution in [0, 0.1) is 10.8 Å². The third-order valence-corrected chi connectivity index (χ3v) is 7.78. The molecule has 12 heteroatoms. The molecule has 0 amide bonds. The van der Waals surface area contributed by atoms with E-state index in [1.54, 1.807) is 13.8 Å². The Hall–Kier alpha value is -4.22. The molecule has 0 fully saturated rings. The van der Waals surface area contributed by atoms with Crippen molar-refractivity contribution >= 4 is 35.8 Å². The number of esters is 6. The Morgan fingerprint density at radius 1 is 0.365 bits per heavy atom. The van der Waals surface area contributed by atoms with Crippen LogP contribution < -0.4 is 0 Å². The molecule has 52 heavy (non-hydrogen) atoms. The lowest BCUT2D eigenvalue weighted by atomic mass is 9.94. The van der Waals surface area contributed by atoms with E-state index in [-0.39, 0.29) is 86.7 Å². The molecule has 0 aliphatic heterocycles. The predicted molar refractivity (Wildman–Crippen MR) is 197 cm³/mol. The highest BCUT2D eigenvalue weighted by Crippen LogP contribution is 2.22. The molecule has 0 atom stereocenters. The average Bonchev–Trinajstić information content (AvgIpc) is 3.09. The molecule has 0 aliphatic carbocycles. The van der Waals surface area contributed by atoms with Crippen LogP contribution in [0.3, 0.4) is 0 Å². The summed E-state index contributed by atoms with van der Waals surface area (Å²) in [4.78, 5) is 72.2. The van der Waals surface area contributed by atoms with E-state index in [2.05, 4.69) is 26.3 Å². The standard InChI is InChI=1S/C40H62O12/c1-29(2)35(43)49-25-39(9,26-50-36(44)30(3)4)23-47-33(41)21-19-17-15-13-11-12-14-16-18-20-22-34(42)48-24-40(10,27-51-37(45)31(5)6)28-52-38(46)32(7)8/h1,3,5,7,11-28H2,2,4,6,8-10H3. The third-order valence-electron chi connectivity index (χ3n) is 7.78. The first-order chi connectivity index (χ1) is 24.3. The first kappa shape index (κ1) is 47.8. The Bertz CT molecular complexity index is 1100. The Morgan fingerprint density at radius 2 is 0.558 bits per heavy atom. The fourth-order valence-electron chi connectivity index (χ4n) is 4.31. The van der Waals surface area contributed by atoms with Crippen LogP contribution in [-0.2, 0) is 57.2 Å². The van der Waals surface area contributed by atoms with Gasteiger partial charge in [-0.15, -0.1) is 0 Å². The average molecular weight is 735 g/mol. The highest BCUT2D eigenvalue weighted by atomic mass is 16.6. The molecule has 0 saturated heterocycles. The zero-order valence-corrected chi connectivity index (χ0v) is 32.5. The second-order valence-electron chi connectivity index (χ2n) is 14.4. The van der Waals surface area contributed by atoms with E-state index < -0.39 is 34.7 Å². The van der Waals surface area contributed by atoms with Gasteiger partial charge in [0.1, 0.15) is 39.6 Å².